The van der Waals surface area contributed by atoms with E-state index in [0.717, 1.165) is 38.2 Å². The van der Waals surface area contributed by atoms with Crippen LogP contribution in [0.2, 0.25) is 0 Å². The topological polar surface area (TPSA) is 37.3 Å². The molecule has 4 nitrogen and oxygen atoms in total. The van der Waals surface area contributed by atoms with Crippen LogP contribution in [-0.2, 0) is 11.2 Å². The molecule has 4 aromatic carbocycles. The number of nitrogens with zero attached hydrogens (tertiary/aromatic N) is 2. The molecular weight excluding hydrogens is 502 g/mol. The lowest BCUT2D eigenvalue weighted by molar-refractivity contribution is -0.115. The van der Waals surface area contributed by atoms with Gasteiger partial charge in [-0.2, -0.15) is 0 Å². The maximum Gasteiger partial charge on any atom is 0.224 e. The van der Waals surface area contributed by atoms with E-state index in [1.807, 2.05) is 19.1 Å². The van der Waals surface area contributed by atoms with Gasteiger partial charge in [-0.3, -0.25) is 4.79 Å². The average molecular weight is 542 g/mol. The van der Waals surface area contributed by atoms with Crippen LogP contribution in [0.5, 0.6) is 0 Å². The van der Waals surface area contributed by atoms with Gasteiger partial charge >= 0.3 is 0 Å². The van der Waals surface area contributed by atoms with E-state index in [2.05, 4.69) is 112 Å². The van der Waals surface area contributed by atoms with Gasteiger partial charge < -0.3 is 14.8 Å². The monoisotopic (exact) mass is 541 g/mol. The molecule has 1 N–H and O–H groups in total. The summed E-state index contributed by atoms with van der Waals surface area (Å²) in [6.45, 7) is 5.27. The summed E-state index contributed by atoms with van der Waals surface area (Å²) < 4.78 is 2.45. The Labute approximate surface area is 243 Å². The smallest absolute Gasteiger partial charge is 0.224 e. The summed E-state index contributed by atoms with van der Waals surface area (Å²) in [5, 5.41) is 4.31. The van der Waals surface area contributed by atoms with Gasteiger partial charge in [0, 0.05) is 23.2 Å². The highest BCUT2D eigenvalue weighted by molar-refractivity contribution is 5.94. The van der Waals surface area contributed by atoms with E-state index in [9.17, 15) is 4.79 Å². The molecule has 1 aliphatic rings. The molecule has 6 rings (SSSR count). The molecule has 0 unspecified atom stereocenters. The SMILES string of the molecule is CCC(=O)Nc1ccc(C2CCN(CCCc3c(-c4ccccc4)n(-c4ccccc4)c4ccccc34)CC2)cc1. The number of hydrogen-bond acceptors (Lipinski definition) is 2. The Bertz CT molecular complexity index is 1580. The first-order chi connectivity index (χ1) is 20.2. The van der Waals surface area contributed by atoms with Crippen LogP contribution >= 0.6 is 0 Å². The molecule has 0 spiro atoms. The number of benzene rings is 4. The van der Waals surface area contributed by atoms with Gasteiger partial charge in [-0.1, -0.05) is 85.8 Å². The van der Waals surface area contributed by atoms with Gasteiger partial charge in [0.25, 0.3) is 0 Å². The maximum atomic E-state index is 11.7. The second kappa shape index (κ2) is 12.6. The molecule has 1 aromatic heterocycles. The summed E-state index contributed by atoms with van der Waals surface area (Å²) in [5.74, 6) is 0.655. The fraction of sp³-hybridized carbons (Fsp3) is 0.270. The molecule has 5 aromatic rings. The second-order valence-electron chi connectivity index (χ2n) is 11.1. The lowest BCUT2D eigenvalue weighted by Crippen LogP contribution is -2.33. The Morgan fingerprint density at radius 3 is 2.17 bits per heavy atom. The van der Waals surface area contributed by atoms with Gasteiger partial charge in [0.15, 0.2) is 0 Å². The second-order valence-corrected chi connectivity index (χ2v) is 11.1. The fourth-order valence-corrected chi connectivity index (χ4v) is 6.36. The van der Waals surface area contributed by atoms with Crippen LogP contribution in [0.15, 0.2) is 109 Å². The minimum absolute atomic E-state index is 0.0616. The largest absolute Gasteiger partial charge is 0.326 e. The number of carbonyl (C=O) groups excluding carboxylic acids is 1. The highest BCUT2D eigenvalue weighted by Crippen LogP contribution is 2.37. The molecule has 208 valence electrons. The van der Waals surface area contributed by atoms with Gasteiger partial charge in [-0.25, -0.2) is 0 Å². The lowest BCUT2D eigenvalue weighted by atomic mass is 9.89. The summed E-state index contributed by atoms with van der Waals surface area (Å²) in [7, 11) is 0. The zero-order chi connectivity index (χ0) is 28.0. The zero-order valence-electron chi connectivity index (χ0n) is 23.9. The van der Waals surface area contributed by atoms with Crippen LogP contribution in [0, 0.1) is 0 Å². The average Bonchev–Trinajstić information content (AvgIpc) is 3.37. The molecule has 1 fully saturated rings. The highest BCUT2D eigenvalue weighted by Gasteiger charge is 2.22. The molecule has 4 heteroatoms. The predicted molar refractivity (Wildman–Crippen MR) is 171 cm³/mol. The third-order valence-electron chi connectivity index (χ3n) is 8.52. The molecular formula is C37H39N3O. The highest BCUT2D eigenvalue weighted by atomic mass is 16.1. The first-order valence-corrected chi connectivity index (χ1v) is 15.1. The van der Waals surface area contributed by atoms with Crippen molar-refractivity contribution in [3.63, 3.8) is 0 Å². The number of likely N-dealkylation sites (tertiary alicyclic amines) is 1. The van der Waals surface area contributed by atoms with Crippen LogP contribution in [-0.4, -0.2) is 35.0 Å². The van der Waals surface area contributed by atoms with Gasteiger partial charge in [-0.15, -0.1) is 0 Å². The van der Waals surface area contributed by atoms with E-state index >= 15 is 0 Å². The Hall–Kier alpha value is -4.15. The Kier molecular flexibility index (Phi) is 8.29. The Morgan fingerprint density at radius 2 is 1.46 bits per heavy atom. The summed E-state index contributed by atoms with van der Waals surface area (Å²) in [6, 6.07) is 39.0. The van der Waals surface area contributed by atoms with Gasteiger partial charge in [0.05, 0.1) is 11.2 Å². The number of fused-ring (bicyclic) bond motifs is 1. The standard InChI is InChI=1S/C37H39N3O/c1-2-36(41)38-31-21-19-28(20-22-31)29-23-26-39(27-24-29)25-11-17-34-33-16-9-10-18-35(33)40(32-14-7-4-8-15-32)37(34)30-12-5-3-6-13-30/h3-10,12-16,18-22,29H,2,11,17,23-27H2,1H3,(H,38,41). The van der Waals surface area contributed by atoms with Crippen LogP contribution in [0.25, 0.3) is 27.8 Å². The number of hydrogen-bond donors (Lipinski definition) is 1. The van der Waals surface area contributed by atoms with E-state index in [0.29, 0.717) is 12.3 Å². The van der Waals surface area contributed by atoms with Crippen molar-refractivity contribution in [2.24, 2.45) is 0 Å². The molecule has 2 heterocycles. The van der Waals surface area contributed by atoms with Crippen LogP contribution in [0.1, 0.15) is 49.7 Å². The minimum atomic E-state index is 0.0616. The molecule has 1 saturated heterocycles. The van der Waals surface area contributed by atoms with E-state index in [4.69, 9.17) is 0 Å². The molecule has 1 aliphatic heterocycles. The number of amides is 1. The molecule has 0 saturated carbocycles. The van der Waals surface area contributed by atoms with E-state index in [1.54, 1.807) is 0 Å². The number of rotatable bonds is 9. The molecule has 1 amide bonds. The van der Waals surface area contributed by atoms with Gasteiger partial charge in [-0.05, 0) is 98.3 Å². The number of aromatic nitrogens is 1. The molecule has 0 radical (unpaired) electrons. The number of para-hydroxylation sites is 2. The van der Waals surface area contributed by atoms with Crippen molar-refractivity contribution < 1.29 is 4.79 Å². The Morgan fingerprint density at radius 1 is 0.805 bits per heavy atom. The van der Waals surface area contributed by atoms with Crippen molar-refractivity contribution in [3.05, 3.63) is 120 Å². The van der Waals surface area contributed by atoms with E-state index < -0.39 is 0 Å². The number of aryl methyl sites for hydroxylation is 1. The van der Waals surface area contributed by atoms with Crippen LogP contribution in [0.3, 0.4) is 0 Å². The number of carbonyl (C=O) groups is 1. The fourth-order valence-electron chi connectivity index (χ4n) is 6.36. The molecule has 0 aliphatic carbocycles. The normalized spacial score (nSPS) is 14.4. The quantitative estimate of drug-likeness (QED) is 0.203. The molecule has 0 atom stereocenters. The van der Waals surface area contributed by atoms with Crippen molar-refractivity contribution in [1.82, 2.24) is 9.47 Å². The van der Waals surface area contributed by atoms with E-state index in [1.165, 1.54) is 51.8 Å². The predicted octanol–water partition coefficient (Wildman–Crippen LogP) is 8.46. The molecule has 0 bridgehead atoms. The summed E-state index contributed by atoms with van der Waals surface area (Å²) in [4.78, 5) is 14.3. The van der Waals surface area contributed by atoms with Crippen molar-refractivity contribution in [2.75, 3.05) is 25.0 Å². The first kappa shape index (κ1) is 27.0. The maximum absolute atomic E-state index is 11.7. The van der Waals surface area contributed by atoms with Crippen LogP contribution in [0.4, 0.5) is 5.69 Å². The summed E-state index contributed by atoms with van der Waals surface area (Å²) >= 11 is 0. The zero-order valence-corrected chi connectivity index (χ0v) is 23.9. The third-order valence-corrected chi connectivity index (χ3v) is 8.52. The summed E-state index contributed by atoms with van der Waals surface area (Å²) in [6.07, 6.45) is 5.06. The van der Waals surface area contributed by atoms with Crippen LogP contribution < -0.4 is 5.32 Å². The first-order valence-electron chi connectivity index (χ1n) is 15.1. The van der Waals surface area contributed by atoms with Gasteiger partial charge in [0.1, 0.15) is 0 Å². The number of anilines is 1. The van der Waals surface area contributed by atoms with Gasteiger partial charge in [0.2, 0.25) is 5.91 Å². The van der Waals surface area contributed by atoms with Crippen molar-refractivity contribution in [2.45, 2.75) is 44.9 Å². The van der Waals surface area contributed by atoms with E-state index in [-0.39, 0.29) is 5.91 Å². The lowest BCUT2D eigenvalue weighted by Gasteiger charge is -2.32. The third kappa shape index (κ3) is 5.98. The van der Waals surface area contributed by atoms with Crippen molar-refractivity contribution in [1.29, 1.82) is 0 Å². The Balaban J connectivity index is 1.15. The number of piperidine rings is 1. The summed E-state index contributed by atoms with van der Waals surface area (Å²) in [5.41, 5.74) is 8.78. The minimum Gasteiger partial charge on any atom is -0.326 e. The number of nitrogens with one attached hydrogen (secondary N) is 1. The molecule has 41 heavy (non-hydrogen) atoms. The van der Waals surface area contributed by atoms with Crippen molar-refractivity contribution in [3.8, 4) is 16.9 Å². The van der Waals surface area contributed by atoms with Crippen molar-refractivity contribution >= 4 is 22.5 Å².